The highest BCUT2D eigenvalue weighted by atomic mass is 16.3. The zero-order chi connectivity index (χ0) is 21.0. The highest BCUT2D eigenvalue weighted by Crippen LogP contribution is 2.67. The van der Waals surface area contributed by atoms with Crippen molar-refractivity contribution < 1.29 is 10.2 Å². The fraction of sp³-hybridized carbons (Fsp3) is 1.00. The van der Waals surface area contributed by atoms with Gasteiger partial charge in [-0.05, 0) is 116 Å². The van der Waals surface area contributed by atoms with Gasteiger partial charge in [-0.1, -0.05) is 41.0 Å². The Labute approximate surface area is 180 Å². The Balaban J connectivity index is 1.41. The Kier molecular flexibility index (Phi) is 5.95. The van der Waals surface area contributed by atoms with E-state index < -0.39 is 0 Å². The predicted molar refractivity (Wildman–Crippen MR) is 121 cm³/mol. The molecule has 0 aromatic heterocycles. The molecular weight excluding hydrogens is 356 g/mol. The molecular formula is C27H48O2. The molecule has 4 saturated carbocycles. The number of aliphatic hydroxyl groups is 2. The molecule has 0 aromatic rings. The van der Waals surface area contributed by atoms with E-state index in [1.54, 1.807) is 0 Å². The maximum Gasteiger partial charge on any atom is 0.0588 e. The first-order valence-corrected chi connectivity index (χ1v) is 12.9. The highest BCUT2D eigenvalue weighted by Gasteiger charge is 2.59. The van der Waals surface area contributed by atoms with Crippen molar-refractivity contribution in [3.05, 3.63) is 0 Å². The predicted octanol–water partition coefficient (Wildman–Crippen LogP) is 6.58. The maximum atomic E-state index is 10.4. The zero-order valence-electron chi connectivity index (χ0n) is 19.9. The molecule has 168 valence electrons. The minimum absolute atomic E-state index is 0.0157. The lowest BCUT2D eigenvalue weighted by Gasteiger charge is -2.61. The van der Waals surface area contributed by atoms with Crippen LogP contribution in [0.2, 0.25) is 0 Å². The molecule has 9 unspecified atom stereocenters. The van der Waals surface area contributed by atoms with E-state index in [1.807, 2.05) is 0 Å². The van der Waals surface area contributed by atoms with E-state index >= 15 is 0 Å². The molecule has 0 amide bonds. The summed E-state index contributed by atoms with van der Waals surface area (Å²) in [5, 5.41) is 20.7. The molecule has 0 heterocycles. The maximum absolute atomic E-state index is 10.4. The van der Waals surface area contributed by atoms with E-state index in [4.69, 9.17) is 0 Å². The molecule has 9 atom stereocenters. The van der Waals surface area contributed by atoms with Gasteiger partial charge in [0.15, 0.2) is 0 Å². The van der Waals surface area contributed by atoms with Crippen molar-refractivity contribution in [2.45, 2.75) is 124 Å². The molecule has 0 radical (unpaired) electrons. The molecule has 4 fully saturated rings. The number of hydrogen-bond acceptors (Lipinski definition) is 2. The van der Waals surface area contributed by atoms with Crippen LogP contribution >= 0.6 is 0 Å². The molecule has 0 bridgehead atoms. The first-order valence-electron chi connectivity index (χ1n) is 12.9. The van der Waals surface area contributed by atoms with Crippen LogP contribution < -0.4 is 0 Å². The standard InChI is InChI=1S/C27H48O2/c1-25(2,3)24(29)8-6-7-18-10-12-22-21-11-9-19-17-20(28)13-15-27(19,5)23(21)14-16-26(18,22)4/h18-24,28-29H,6-17H2,1-5H3. The van der Waals surface area contributed by atoms with Crippen molar-refractivity contribution >= 4 is 0 Å². The lowest BCUT2D eigenvalue weighted by molar-refractivity contribution is -0.127. The second kappa shape index (κ2) is 7.80. The molecule has 0 saturated heterocycles. The largest absolute Gasteiger partial charge is 0.393 e. The summed E-state index contributed by atoms with van der Waals surface area (Å²) in [6, 6.07) is 0. The molecule has 4 aliphatic rings. The SMILES string of the molecule is CC(C)(C)C(O)CCCC1CCC2C3CCC4CC(O)CCC4(C)C3CCC12C. The average Bonchev–Trinajstić information content (AvgIpc) is 2.98. The monoisotopic (exact) mass is 404 g/mol. The van der Waals surface area contributed by atoms with E-state index in [9.17, 15) is 10.2 Å². The van der Waals surface area contributed by atoms with E-state index in [-0.39, 0.29) is 17.6 Å². The highest BCUT2D eigenvalue weighted by molar-refractivity contribution is 5.09. The van der Waals surface area contributed by atoms with Crippen LogP contribution in [0.3, 0.4) is 0 Å². The second-order valence-electron chi connectivity index (χ2n) is 13.2. The summed E-state index contributed by atoms with van der Waals surface area (Å²) < 4.78 is 0. The quantitative estimate of drug-likeness (QED) is 0.555. The Hall–Kier alpha value is -0.0800. The van der Waals surface area contributed by atoms with Crippen LogP contribution in [-0.2, 0) is 0 Å². The number of rotatable bonds is 4. The van der Waals surface area contributed by atoms with Crippen molar-refractivity contribution in [3.8, 4) is 0 Å². The smallest absolute Gasteiger partial charge is 0.0588 e. The van der Waals surface area contributed by atoms with Gasteiger partial charge in [-0.15, -0.1) is 0 Å². The van der Waals surface area contributed by atoms with Gasteiger partial charge in [0.05, 0.1) is 12.2 Å². The summed E-state index contributed by atoms with van der Waals surface area (Å²) in [7, 11) is 0. The number of aliphatic hydroxyl groups excluding tert-OH is 2. The fourth-order valence-corrected chi connectivity index (χ4v) is 8.81. The van der Waals surface area contributed by atoms with Crippen LogP contribution in [0.25, 0.3) is 0 Å². The normalized spacial score (nSPS) is 48.5. The topological polar surface area (TPSA) is 40.5 Å². The van der Waals surface area contributed by atoms with Crippen LogP contribution in [0.15, 0.2) is 0 Å². The number of hydrogen-bond donors (Lipinski definition) is 2. The lowest BCUT2D eigenvalue weighted by atomic mass is 9.44. The Bertz CT molecular complexity index is 580. The van der Waals surface area contributed by atoms with Gasteiger partial charge < -0.3 is 10.2 Å². The van der Waals surface area contributed by atoms with Crippen LogP contribution in [0, 0.1) is 45.8 Å². The average molecular weight is 405 g/mol. The lowest BCUT2D eigenvalue weighted by Crippen LogP contribution is -2.53. The molecule has 4 aliphatic carbocycles. The minimum atomic E-state index is -0.167. The third-order valence-corrected chi connectivity index (χ3v) is 10.9. The second-order valence-corrected chi connectivity index (χ2v) is 13.2. The fourth-order valence-electron chi connectivity index (χ4n) is 8.81. The van der Waals surface area contributed by atoms with Gasteiger partial charge in [0.1, 0.15) is 0 Å². The zero-order valence-corrected chi connectivity index (χ0v) is 19.9. The summed E-state index contributed by atoms with van der Waals surface area (Å²) in [5.74, 6) is 4.43. The van der Waals surface area contributed by atoms with Crippen LogP contribution in [0.4, 0.5) is 0 Å². The minimum Gasteiger partial charge on any atom is -0.393 e. The van der Waals surface area contributed by atoms with E-state index in [1.165, 1.54) is 57.8 Å². The van der Waals surface area contributed by atoms with E-state index in [0.717, 1.165) is 48.9 Å². The Morgan fingerprint density at radius 3 is 2.31 bits per heavy atom. The summed E-state index contributed by atoms with van der Waals surface area (Å²) in [6.45, 7) is 11.7. The van der Waals surface area contributed by atoms with Crippen molar-refractivity contribution in [2.24, 2.45) is 45.8 Å². The van der Waals surface area contributed by atoms with Crippen LogP contribution in [0.5, 0.6) is 0 Å². The van der Waals surface area contributed by atoms with Crippen LogP contribution in [0.1, 0.15) is 112 Å². The van der Waals surface area contributed by atoms with Gasteiger partial charge in [-0.2, -0.15) is 0 Å². The first-order chi connectivity index (χ1) is 13.6. The summed E-state index contributed by atoms with van der Waals surface area (Å²) in [6.07, 6.45) is 15.2. The summed E-state index contributed by atoms with van der Waals surface area (Å²) in [4.78, 5) is 0. The third-order valence-electron chi connectivity index (χ3n) is 10.9. The Morgan fingerprint density at radius 2 is 1.59 bits per heavy atom. The third kappa shape index (κ3) is 3.84. The molecule has 0 spiro atoms. The van der Waals surface area contributed by atoms with Crippen molar-refractivity contribution in [3.63, 3.8) is 0 Å². The molecule has 2 N–H and O–H groups in total. The van der Waals surface area contributed by atoms with Gasteiger partial charge >= 0.3 is 0 Å². The van der Waals surface area contributed by atoms with E-state index in [0.29, 0.717) is 10.8 Å². The van der Waals surface area contributed by atoms with Gasteiger partial charge in [0.25, 0.3) is 0 Å². The van der Waals surface area contributed by atoms with Crippen LogP contribution in [-0.4, -0.2) is 22.4 Å². The molecule has 4 rings (SSSR count). The van der Waals surface area contributed by atoms with Crippen molar-refractivity contribution in [1.82, 2.24) is 0 Å². The first kappa shape index (κ1) is 22.1. The molecule has 29 heavy (non-hydrogen) atoms. The van der Waals surface area contributed by atoms with Gasteiger partial charge in [0.2, 0.25) is 0 Å². The van der Waals surface area contributed by atoms with Gasteiger partial charge in [-0.25, -0.2) is 0 Å². The van der Waals surface area contributed by atoms with Crippen molar-refractivity contribution in [1.29, 1.82) is 0 Å². The number of fused-ring (bicyclic) bond motifs is 5. The molecule has 0 aliphatic heterocycles. The molecule has 2 heteroatoms. The van der Waals surface area contributed by atoms with E-state index in [2.05, 4.69) is 34.6 Å². The van der Waals surface area contributed by atoms with Gasteiger partial charge in [-0.3, -0.25) is 0 Å². The van der Waals surface area contributed by atoms with Gasteiger partial charge in [0, 0.05) is 0 Å². The summed E-state index contributed by atoms with van der Waals surface area (Å²) >= 11 is 0. The Morgan fingerprint density at radius 1 is 0.897 bits per heavy atom. The molecule has 2 nitrogen and oxygen atoms in total. The summed E-state index contributed by atoms with van der Waals surface area (Å²) in [5.41, 5.74) is 1.06. The molecule has 0 aromatic carbocycles. The van der Waals surface area contributed by atoms with Crippen molar-refractivity contribution in [2.75, 3.05) is 0 Å².